The minimum Gasteiger partial charge on any atom is -0.384 e. The van der Waals surface area contributed by atoms with Gasteiger partial charge >= 0.3 is 0 Å². The fourth-order valence-electron chi connectivity index (χ4n) is 1.31. The second-order valence-electron chi connectivity index (χ2n) is 3.73. The van der Waals surface area contributed by atoms with Gasteiger partial charge in [-0.2, -0.15) is 0 Å². The first-order valence-corrected chi connectivity index (χ1v) is 6.67. The van der Waals surface area contributed by atoms with Gasteiger partial charge in [-0.05, 0) is 26.0 Å². The summed E-state index contributed by atoms with van der Waals surface area (Å²) < 4.78 is 26.5. The van der Waals surface area contributed by atoms with Crippen molar-refractivity contribution in [2.45, 2.75) is 24.8 Å². The van der Waals surface area contributed by atoms with E-state index in [4.69, 9.17) is 5.11 Å². The lowest BCUT2D eigenvalue weighted by atomic mass is 10.2. The quantitative estimate of drug-likeness (QED) is 0.780. The molecule has 92 valence electrons. The Hall–Kier alpha value is -1.35. The number of benzene rings is 1. The second-order valence-corrected chi connectivity index (χ2v) is 5.41. The zero-order valence-corrected chi connectivity index (χ0v) is 10.6. The van der Waals surface area contributed by atoms with Gasteiger partial charge in [0.15, 0.2) is 0 Å². The van der Waals surface area contributed by atoms with Crippen LogP contribution in [0.3, 0.4) is 0 Å². The number of rotatable bonds is 3. The lowest BCUT2D eigenvalue weighted by Gasteiger charge is -2.10. The van der Waals surface area contributed by atoms with Gasteiger partial charge in [-0.1, -0.05) is 24.0 Å². The Bertz CT molecular complexity index is 538. The molecule has 0 bridgehead atoms. The molecule has 0 spiro atoms. The van der Waals surface area contributed by atoms with E-state index in [0.29, 0.717) is 5.56 Å². The van der Waals surface area contributed by atoms with E-state index in [-0.39, 0.29) is 17.5 Å². The topological polar surface area (TPSA) is 66.4 Å². The maximum Gasteiger partial charge on any atom is 0.242 e. The number of aliphatic hydroxyl groups is 1. The van der Waals surface area contributed by atoms with Crippen molar-refractivity contribution in [2.75, 3.05) is 6.61 Å². The van der Waals surface area contributed by atoms with Crippen molar-refractivity contribution in [1.82, 2.24) is 4.72 Å². The Morgan fingerprint density at radius 3 is 2.59 bits per heavy atom. The first-order valence-electron chi connectivity index (χ1n) is 5.18. The van der Waals surface area contributed by atoms with Crippen molar-refractivity contribution in [1.29, 1.82) is 0 Å². The third-order valence-electron chi connectivity index (χ3n) is 1.87. The van der Waals surface area contributed by atoms with E-state index in [1.165, 1.54) is 6.07 Å². The van der Waals surface area contributed by atoms with E-state index < -0.39 is 10.0 Å². The van der Waals surface area contributed by atoms with Crippen molar-refractivity contribution in [3.63, 3.8) is 0 Å². The molecule has 17 heavy (non-hydrogen) atoms. The molecule has 1 rings (SSSR count). The van der Waals surface area contributed by atoms with E-state index >= 15 is 0 Å². The largest absolute Gasteiger partial charge is 0.384 e. The molecule has 0 aliphatic carbocycles. The molecule has 0 saturated carbocycles. The molecule has 2 N–H and O–H groups in total. The lowest BCUT2D eigenvalue weighted by Crippen LogP contribution is -2.30. The van der Waals surface area contributed by atoms with Gasteiger partial charge in [-0.3, -0.25) is 0 Å². The molecule has 0 aliphatic rings. The van der Waals surface area contributed by atoms with E-state index in [0.717, 1.165) is 0 Å². The van der Waals surface area contributed by atoms with Crippen LogP contribution in [0.25, 0.3) is 0 Å². The van der Waals surface area contributed by atoms with Crippen LogP contribution in [-0.2, 0) is 10.0 Å². The van der Waals surface area contributed by atoms with Crippen LogP contribution in [0, 0.1) is 11.8 Å². The number of hydrogen-bond acceptors (Lipinski definition) is 3. The molecule has 0 atom stereocenters. The van der Waals surface area contributed by atoms with Gasteiger partial charge in [0, 0.05) is 11.6 Å². The highest BCUT2D eigenvalue weighted by molar-refractivity contribution is 7.89. The van der Waals surface area contributed by atoms with E-state index in [1.807, 2.05) is 0 Å². The first-order chi connectivity index (χ1) is 7.97. The van der Waals surface area contributed by atoms with Crippen molar-refractivity contribution in [2.24, 2.45) is 0 Å². The van der Waals surface area contributed by atoms with Crippen LogP contribution in [-0.4, -0.2) is 26.2 Å². The molecule has 0 aliphatic heterocycles. The average Bonchev–Trinajstić information content (AvgIpc) is 2.25. The molecule has 1 aromatic rings. The van der Waals surface area contributed by atoms with E-state index in [9.17, 15) is 8.42 Å². The molecule has 0 amide bonds. The zero-order chi connectivity index (χ0) is 12.9. The van der Waals surface area contributed by atoms with Gasteiger partial charge in [0.25, 0.3) is 0 Å². The summed E-state index contributed by atoms with van der Waals surface area (Å²) in [6.45, 7) is 3.20. The summed E-state index contributed by atoms with van der Waals surface area (Å²) in [5.74, 6) is 5.07. The molecule has 0 unspecified atom stereocenters. The number of nitrogens with one attached hydrogen (secondary N) is 1. The third kappa shape index (κ3) is 3.86. The summed E-state index contributed by atoms with van der Waals surface area (Å²) in [6.07, 6.45) is 0. The Morgan fingerprint density at radius 1 is 1.35 bits per heavy atom. The summed E-state index contributed by atoms with van der Waals surface area (Å²) in [4.78, 5) is 0.134. The molecule has 1 aromatic carbocycles. The molecule has 4 nitrogen and oxygen atoms in total. The van der Waals surface area contributed by atoms with Gasteiger partial charge in [-0.25, -0.2) is 13.1 Å². The van der Waals surface area contributed by atoms with Crippen LogP contribution in [0.1, 0.15) is 19.4 Å². The van der Waals surface area contributed by atoms with E-state index in [2.05, 4.69) is 16.6 Å². The fourth-order valence-corrected chi connectivity index (χ4v) is 2.73. The van der Waals surface area contributed by atoms with E-state index in [1.54, 1.807) is 32.0 Å². The average molecular weight is 253 g/mol. The highest BCUT2D eigenvalue weighted by atomic mass is 32.2. The summed E-state index contributed by atoms with van der Waals surface area (Å²) in [5, 5.41) is 8.63. The van der Waals surface area contributed by atoms with Crippen LogP contribution in [0.2, 0.25) is 0 Å². The maximum atomic E-state index is 12.0. The second kappa shape index (κ2) is 5.82. The molecule has 0 heterocycles. The number of aliphatic hydroxyl groups excluding tert-OH is 1. The zero-order valence-electron chi connectivity index (χ0n) is 9.77. The van der Waals surface area contributed by atoms with Crippen molar-refractivity contribution >= 4 is 10.0 Å². The summed E-state index contributed by atoms with van der Waals surface area (Å²) >= 11 is 0. The normalized spacial score (nSPS) is 11.1. The molecule has 0 fully saturated rings. The Labute approximate surface area is 102 Å². The number of sulfonamides is 1. The SMILES string of the molecule is CC(C)NS(=O)(=O)c1ccccc1C#CCO. The Kier molecular flexibility index (Phi) is 4.70. The smallest absolute Gasteiger partial charge is 0.242 e. The minimum atomic E-state index is -3.55. The Morgan fingerprint density at radius 2 is 2.00 bits per heavy atom. The van der Waals surface area contributed by atoms with Gasteiger partial charge < -0.3 is 5.11 Å². The summed E-state index contributed by atoms with van der Waals surface area (Å²) in [7, 11) is -3.55. The van der Waals surface area contributed by atoms with Crippen molar-refractivity contribution < 1.29 is 13.5 Å². The van der Waals surface area contributed by atoms with Crippen molar-refractivity contribution in [3.8, 4) is 11.8 Å². The van der Waals surface area contributed by atoms with Gasteiger partial charge in [0.1, 0.15) is 6.61 Å². The molecule has 0 aromatic heterocycles. The molecule has 0 saturated heterocycles. The molecule has 5 heteroatoms. The van der Waals surface area contributed by atoms with Crippen LogP contribution in [0.5, 0.6) is 0 Å². The van der Waals surface area contributed by atoms with Crippen LogP contribution < -0.4 is 4.72 Å². The van der Waals surface area contributed by atoms with Gasteiger partial charge in [0.05, 0.1) is 4.90 Å². The van der Waals surface area contributed by atoms with Crippen LogP contribution in [0.4, 0.5) is 0 Å². The van der Waals surface area contributed by atoms with Crippen LogP contribution in [0.15, 0.2) is 29.2 Å². The number of hydrogen-bond donors (Lipinski definition) is 2. The standard InChI is InChI=1S/C12H15NO3S/c1-10(2)13-17(15,16)12-8-4-3-6-11(12)7-5-9-14/h3-4,6,8,10,13-14H,9H2,1-2H3. The molecular weight excluding hydrogens is 238 g/mol. The van der Waals surface area contributed by atoms with Crippen LogP contribution >= 0.6 is 0 Å². The predicted octanol–water partition coefficient (Wildman–Crippen LogP) is 0.717. The maximum absolute atomic E-state index is 12.0. The highest BCUT2D eigenvalue weighted by Crippen LogP contribution is 2.14. The third-order valence-corrected chi connectivity index (χ3v) is 3.59. The molecular formula is C12H15NO3S. The molecule has 0 radical (unpaired) electrons. The monoisotopic (exact) mass is 253 g/mol. The summed E-state index contributed by atoms with van der Waals surface area (Å²) in [6, 6.07) is 6.26. The predicted molar refractivity (Wildman–Crippen MR) is 65.9 cm³/mol. The first kappa shape index (κ1) is 13.7. The highest BCUT2D eigenvalue weighted by Gasteiger charge is 2.17. The van der Waals surface area contributed by atoms with Crippen molar-refractivity contribution in [3.05, 3.63) is 29.8 Å². The fraction of sp³-hybridized carbons (Fsp3) is 0.333. The lowest BCUT2D eigenvalue weighted by molar-refractivity contribution is 0.350. The van der Waals surface area contributed by atoms with Gasteiger partial charge in [-0.15, -0.1) is 0 Å². The Balaban J connectivity index is 3.22. The van der Waals surface area contributed by atoms with Gasteiger partial charge in [0.2, 0.25) is 10.0 Å². The summed E-state index contributed by atoms with van der Waals surface area (Å²) in [5.41, 5.74) is 0.384. The minimum absolute atomic E-state index is 0.134.